The van der Waals surface area contributed by atoms with Gasteiger partial charge in [-0.25, -0.2) is 13.2 Å². The van der Waals surface area contributed by atoms with E-state index in [0.29, 0.717) is 25.1 Å². The number of hydrogen-bond acceptors (Lipinski definition) is 5. The number of nitrogens with one attached hydrogen (secondary N) is 1. The number of esters is 1. The molecule has 3 rings (SSSR count). The maximum atomic E-state index is 12.9. The van der Waals surface area contributed by atoms with Crippen LogP contribution in [0.2, 0.25) is 5.02 Å². The third kappa shape index (κ3) is 5.00. The van der Waals surface area contributed by atoms with E-state index in [9.17, 15) is 18.0 Å². The van der Waals surface area contributed by atoms with Gasteiger partial charge in [0.1, 0.15) is 0 Å². The molecule has 1 atom stereocenters. The fourth-order valence-corrected chi connectivity index (χ4v) is 5.07. The summed E-state index contributed by atoms with van der Waals surface area (Å²) in [6, 6.07) is 12.7. The highest BCUT2D eigenvalue weighted by atomic mass is 35.5. The molecule has 0 aromatic heterocycles. The first-order valence-electron chi connectivity index (χ1n) is 9.65. The zero-order chi connectivity index (χ0) is 21.7. The maximum Gasteiger partial charge on any atom is 0.339 e. The lowest BCUT2D eigenvalue weighted by Gasteiger charge is -2.31. The molecule has 160 valence electrons. The van der Waals surface area contributed by atoms with E-state index >= 15 is 0 Å². The molecule has 2 aromatic rings. The van der Waals surface area contributed by atoms with Gasteiger partial charge in [-0.1, -0.05) is 29.8 Å². The summed E-state index contributed by atoms with van der Waals surface area (Å²) in [5, 5.41) is 2.99. The monoisotopic (exact) mass is 450 g/mol. The van der Waals surface area contributed by atoms with E-state index in [1.54, 1.807) is 43.3 Å². The number of ether oxygens (including phenoxy) is 1. The molecule has 1 N–H and O–H groups in total. The van der Waals surface area contributed by atoms with Crippen LogP contribution in [0.3, 0.4) is 0 Å². The minimum atomic E-state index is -3.66. The van der Waals surface area contributed by atoms with E-state index in [2.05, 4.69) is 5.32 Å². The molecule has 1 heterocycles. The number of amides is 1. The number of piperidine rings is 1. The SMILES string of the molecule is CCOC(=O)c1cc(NC(=O)[C@H]2CCCN(S(=O)(=O)c3ccccc3)C2)ccc1Cl. The number of carbonyl (C=O) groups excluding carboxylic acids is 2. The second-order valence-electron chi connectivity index (χ2n) is 6.92. The Morgan fingerprint density at radius 2 is 1.93 bits per heavy atom. The fraction of sp³-hybridized carbons (Fsp3) is 0.333. The fourth-order valence-electron chi connectivity index (χ4n) is 3.33. The van der Waals surface area contributed by atoms with Gasteiger partial charge in [0.05, 0.1) is 28.0 Å². The molecular formula is C21H23ClN2O5S. The summed E-state index contributed by atoms with van der Waals surface area (Å²) >= 11 is 6.05. The van der Waals surface area contributed by atoms with Crippen molar-refractivity contribution in [3.63, 3.8) is 0 Å². The molecule has 0 spiro atoms. The van der Waals surface area contributed by atoms with Crippen molar-refractivity contribution in [1.82, 2.24) is 4.31 Å². The van der Waals surface area contributed by atoms with Crippen LogP contribution in [-0.2, 0) is 19.6 Å². The van der Waals surface area contributed by atoms with E-state index in [1.807, 2.05) is 0 Å². The molecule has 1 amide bonds. The Balaban J connectivity index is 1.72. The second-order valence-corrected chi connectivity index (χ2v) is 9.26. The number of hydrogen-bond donors (Lipinski definition) is 1. The first-order valence-corrected chi connectivity index (χ1v) is 11.5. The summed E-state index contributed by atoms with van der Waals surface area (Å²) in [6.07, 6.45) is 1.16. The minimum absolute atomic E-state index is 0.0986. The molecule has 0 saturated carbocycles. The third-order valence-corrected chi connectivity index (χ3v) is 7.07. The summed E-state index contributed by atoms with van der Waals surface area (Å²) in [4.78, 5) is 25.0. The molecule has 1 fully saturated rings. The van der Waals surface area contributed by atoms with E-state index in [1.165, 1.54) is 16.4 Å². The molecule has 1 aliphatic rings. The molecule has 1 aliphatic heterocycles. The Hall–Kier alpha value is -2.42. The van der Waals surface area contributed by atoms with Crippen molar-refractivity contribution in [3.8, 4) is 0 Å². The van der Waals surface area contributed by atoms with Crippen LogP contribution in [0.5, 0.6) is 0 Å². The smallest absolute Gasteiger partial charge is 0.339 e. The normalized spacial score (nSPS) is 17.3. The first-order chi connectivity index (χ1) is 14.3. The van der Waals surface area contributed by atoms with Gasteiger partial charge in [-0.2, -0.15) is 4.31 Å². The molecule has 2 aromatic carbocycles. The molecule has 30 heavy (non-hydrogen) atoms. The van der Waals surface area contributed by atoms with Gasteiger partial charge in [-0.05, 0) is 50.1 Å². The van der Waals surface area contributed by atoms with Crippen molar-refractivity contribution >= 4 is 39.2 Å². The zero-order valence-corrected chi connectivity index (χ0v) is 18.1. The topological polar surface area (TPSA) is 92.8 Å². The number of anilines is 1. The van der Waals surface area contributed by atoms with Crippen molar-refractivity contribution in [2.45, 2.75) is 24.7 Å². The van der Waals surface area contributed by atoms with Gasteiger partial charge in [-0.3, -0.25) is 4.79 Å². The van der Waals surface area contributed by atoms with Crippen molar-refractivity contribution in [3.05, 3.63) is 59.1 Å². The van der Waals surface area contributed by atoms with Gasteiger partial charge < -0.3 is 10.1 Å². The van der Waals surface area contributed by atoms with Crippen LogP contribution in [-0.4, -0.2) is 44.3 Å². The van der Waals surface area contributed by atoms with E-state index in [0.717, 1.165) is 0 Å². The van der Waals surface area contributed by atoms with Crippen LogP contribution >= 0.6 is 11.6 Å². The molecule has 7 nitrogen and oxygen atoms in total. The number of halogens is 1. The number of nitrogens with zero attached hydrogens (tertiary/aromatic N) is 1. The summed E-state index contributed by atoms with van der Waals surface area (Å²) in [6.45, 7) is 2.37. The van der Waals surface area contributed by atoms with Crippen LogP contribution in [0.15, 0.2) is 53.4 Å². The Labute approximate surface area is 181 Å². The van der Waals surface area contributed by atoms with Crippen LogP contribution in [0, 0.1) is 5.92 Å². The van der Waals surface area contributed by atoms with Gasteiger partial charge in [0.25, 0.3) is 0 Å². The third-order valence-electron chi connectivity index (χ3n) is 4.87. The number of rotatable bonds is 6. The lowest BCUT2D eigenvalue weighted by molar-refractivity contribution is -0.120. The Morgan fingerprint density at radius 3 is 2.63 bits per heavy atom. The van der Waals surface area contributed by atoms with Crippen molar-refractivity contribution in [2.24, 2.45) is 5.92 Å². The standard InChI is InChI=1S/C21H23ClN2O5S/c1-2-29-21(26)18-13-16(10-11-19(18)22)23-20(25)15-7-6-12-24(14-15)30(27,28)17-8-4-3-5-9-17/h3-5,8-11,13,15H,2,6-7,12,14H2,1H3,(H,23,25)/t15-/m0/s1. The van der Waals surface area contributed by atoms with Gasteiger partial charge in [0.15, 0.2) is 0 Å². The van der Waals surface area contributed by atoms with Gasteiger partial charge >= 0.3 is 5.97 Å². The number of sulfonamides is 1. The average Bonchev–Trinajstić information content (AvgIpc) is 2.76. The van der Waals surface area contributed by atoms with Crippen molar-refractivity contribution in [1.29, 1.82) is 0 Å². The Kier molecular flexibility index (Phi) is 7.12. The van der Waals surface area contributed by atoms with E-state index in [4.69, 9.17) is 16.3 Å². The van der Waals surface area contributed by atoms with Crippen LogP contribution < -0.4 is 5.32 Å². The molecule has 0 radical (unpaired) electrons. The first kappa shape index (κ1) is 22.3. The van der Waals surface area contributed by atoms with Crippen molar-refractivity contribution < 1.29 is 22.7 Å². The summed E-state index contributed by atoms with van der Waals surface area (Å²) in [7, 11) is -3.66. The molecule has 0 bridgehead atoms. The Bertz CT molecular complexity index is 1030. The number of benzene rings is 2. The van der Waals surface area contributed by atoms with Crippen LogP contribution in [0.4, 0.5) is 5.69 Å². The highest BCUT2D eigenvalue weighted by Gasteiger charge is 2.33. The predicted molar refractivity (Wildman–Crippen MR) is 114 cm³/mol. The summed E-state index contributed by atoms with van der Waals surface area (Å²) in [5.41, 5.74) is 0.559. The van der Waals surface area contributed by atoms with E-state index < -0.39 is 21.9 Å². The quantitative estimate of drug-likeness (QED) is 0.679. The van der Waals surface area contributed by atoms with Crippen LogP contribution in [0.25, 0.3) is 0 Å². The second kappa shape index (κ2) is 9.59. The molecule has 0 unspecified atom stereocenters. The summed E-state index contributed by atoms with van der Waals surface area (Å²) < 4.78 is 32.0. The number of carbonyl (C=O) groups is 2. The zero-order valence-electron chi connectivity index (χ0n) is 16.5. The highest BCUT2D eigenvalue weighted by Crippen LogP contribution is 2.26. The largest absolute Gasteiger partial charge is 0.462 e. The lowest BCUT2D eigenvalue weighted by Crippen LogP contribution is -2.43. The minimum Gasteiger partial charge on any atom is -0.462 e. The van der Waals surface area contributed by atoms with Crippen LogP contribution in [0.1, 0.15) is 30.1 Å². The molecular weight excluding hydrogens is 428 g/mol. The maximum absolute atomic E-state index is 12.9. The highest BCUT2D eigenvalue weighted by molar-refractivity contribution is 7.89. The molecule has 9 heteroatoms. The average molecular weight is 451 g/mol. The van der Waals surface area contributed by atoms with E-state index in [-0.39, 0.29) is 34.5 Å². The molecule has 0 aliphatic carbocycles. The predicted octanol–water partition coefficient (Wildman–Crippen LogP) is 3.56. The van der Waals surface area contributed by atoms with Gasteiger partial charge in [0.2, 0.25) is 15.9 Å². The summed E-state index contributed by atoms with van der Waals surface area (Å²) in [5.74, 6) is -1.38. The van der Waals surface area contributed by atoms with Gasteiger partial charge in [-0.15, -0.1) is 0 Å². The lowest BCUT2D eigenvalue weighted by atomic mass is 9.98. The Morgan fingerprint density at radius 1 is 1.20 bits per heavy atom. The van der Waals surface area contributed by atoms with Gasteiger partial charge in [0, 0.05) is 18.8 Å². The van der Waals surface area contributed by atoms with Crippen molar-refractivity contribution in [2.75, 3.05) is 25.0 Å². The molecule has 1 saturated heterocycles.